The molecule has 1 heterocycles. The molecule has 0 aliphatic rings. The maximum Gasteiger partial charge on any atom is 0.268 e. The van der Waals surface area contributed by atoms with Crippen LogP contribution in [-0.4, -0.2) is 17.9 Å². The minimum atomic E-state index is -0.363. The van der Waals surface area contributed by atoms with Crippen molar-refractivity contribution in [3.8, 4) is 0 Å². The zero-order valence-corrected chi connectivity index (χ0v) is 19.0. The number of benzene rings is 2. The molecule has 0 unspecified atom stereocenters. The van der Waals surface area contributed by atoms with E-state index in [0.717, 1.165) is 12.0 Å². The summed E-state index contributed by atoms with van der Waals surface area (Å²) >= 11 is 0. The van der Waals surface area contributed by atoms with Crippen LogP contribution >= 0.6 is 0 Å². The van der Waals surface area contributed by atoms with E-state index in [2.05, 4.69) is 36.6 Å². The number of nitrogens with one attached hydrogen (secondary N) is 2. The predicted octanol–water partition coefficient (Wildman–Crippen LogP) is 5.23. The van der Waals surface area contributed by atoms with Gasteiger partial charge in [-0.3, -0.25) is 9.59 Å². The zero-order chi connectivity index (χ0) is 23.1. The van der Waals surface area contributed by atoms with E-state index in [0.29, 0.717) is 11.3 Å². The Hall–Kier alpha value is -3.60. The lowest BCUT2D eigenvalue weighted by Gasteiger charge is -2.29. The first-order chi connectivity index (χ1) is 15.2. The molecule has 2 N–H and O–H groups in total. The summed E-state index contributed by atoms with van der Waals surface area (Å²) in [5.41, 5.74) is 2.76. The molecular formula is C27H30N2O3. The average Bonchev–Trinajstić information content (AvgIpc) is 3.27. The molecule has 166 valence electrons. The fourth-order valence-electron chi connectivity index (χ4n) is 3.70. The number of furan rings is 1. The second kappa shape index (κ2) is 10.1. The first-order valence-electron chi connectivity index (χ1n) is 10.7. The highest BCUT2D eigenvalue weighted by Crippen LogP contribution is 2.28. The van der Waals surface area contributed by atoms with Gasteiger partial charge in [0, 0.05) is 17.7 Å². The summed E-state index contributed by atoms with van der Waals surface area (Å²) in [5.74, 6) is -0.231. The lowest BCUT2D eigenvalue weighted by molar-refractivity contribution is -0.118. The third-order valence-electron chi connectivity index (χ3n) is 5.39. The van der Waals surface area contributed by atoms with Gasteiger partial charge in [0.25, 0.3) is 11.8 Å². The number of amides is 2. The summed E-state index contributed by atoms with van der Waals surface area (Å²) in [6.45, 7) is 8.23. The number of hydrogen-bond acceptors (Lipinski definition) is 3. The maximum absolute atomic E-state index is 13.1. The Bertz CT molecular complexity index is 1070. The van der Waals surface area contributed by atoms with Crippen molar-refractivity contribution in [2.24, 2.45) is 0 Å². The minimum absolute atomic E-state index is 0.117. The molecule has 3 rings (SSSR count). The van der Waals surface area contributed by atoms with Crippen LogP contribution in [-0.2, 0) is 10.2 Å². The van der Waals surface area contributed by atoms with Crippen LogP contribution in [0.25, 0.3) is 6.08 Å². The summed E-state index contributed by atoms with van der Waals surface area (Å²) in [6, 6.07) is 20.8. The molecule has 0 aliphatic heterocycles. The van der Waals surface area contributed by atoms with Gasteiger partial charge < -0.3 is 15.1 Å². The van der Waals surface area contributed by atoms with Crippen molar-refractivity contribution in [2.45, 2.75) is 45.6 Å². The van der Waals surface area contributed by atoms with E-state index < -0.39 is 0 Å². The largest absolute Gasteiger partial charge is 0.465 e. The smallest absolute Gasteiger partial charge is 0.268 e. The molecule has 0 spiro atoms. The van der Waals surface area contributed by atoms with Gasteiger partial charge in [-0.25, -0.2) is 0 Å². The Morgan fingerprint density at radius 2 is 1.69 bits per heavy atom. The number of hydrogen-bond donors (Lipinski definition) is 2. The summed E-state index contributed by atoms with van der Waals surface area (Å²) in [6.07, 6.45) is 3.80. The second-order valence-electron chi connectivity index (χ2n) is 8.72. The number of rotatable bonds is 8. The number of aryl methyl sites for hydroxylation is 1. The first kappa shape index (κ1) is 23.1. The van der Waals surface area contributed by atoms with Crippen LogP contribution in [0.4, 0.5) is 0 Å². The van der Waals surface area contributed by atoms with E-state index in [-0.39, 0.29) is 29.0 Å². The summed E-state index contributed by atoms with van der Waals surface area (Å²) < 4.78 is 5.35. The van der Waals surface area contributed by atoms with Gasteiger partial charge in [0.2, 0.25) is 0 Å². The van der Waals surface area contributed by atoms with E-state index in [1.807, 2.05) is 44.2 Å². The summed E-state index contributed by atoms with van der Waals surface area (Å²) in [5, 5.41) is 5.76. The molecule has 0 fully saturated rings. The van der Waals surface area contributed by atoms with Crippen LogP contribution in [0.1, 0.15) is 54.4 Å². The fraction of sp³-hybridized carbons (Fsp3) is 0.259. The second-order valence-corrected chi connectivity index (χ2v) is 8.72. The lowest BCUT2D eigenvalue weighted by atomic mass is 9.79. The van der Waals surface area contributed by atoms with Gasteiger partial charge in [-0.15, -0.1) is 0 Å². The van der Waals surface area contributed by atoms with Gasteiger partial charge in [-0.2, -0.15) is 0 Å². The van der Waals surface area contributed by atoms with Crippen molar-refractivity contribution in [3.63, 3.8) is 0 Å². The predicted molar refractivity (Wildman–Crippen MR) is 127 cm³/mol. The van der Waals surface area contributed by atoms with Crippen molar-refractivity contribution < 1.29 is 14.0 Å². The molecule has 1 atom stereocenters. The van der Waals surface area contributed by atoms with Crippen molar-refractivity contribution >= 4 is 17.9 Å². The van der Waals surface area contributed by atoms with Crippen LogP contribution in [0.3, 0.4) is 0 Å². The van der Waals surface area contributed by atoms with Gasteiger partial charge in [0.05, 0.1) is 6.26 Å². The average molecular weight is 431 g/mol. The standard InChI is InChI=1S/C27H30N2O3/c1-19-12-14-21(15-13-19)25(30)29-24(17-23-11-8-16-32-23)26(31)28-20(2)18-27(3,4)22-9-6-5-7-10-22/h5-17,20H,18H2,1-4H3,(H,28,31)(H,29,30)/b24-17-/t20-/m1/s1. The molecule has 1 aromatic heterocycles. The van der Waals surface area contributed by atoms with E-state index in [4.69, 9.17) is 4.42 Å². The minimum Gasteiger partial charge on any atom is -0.465 e. The van der Waals surface area contributed by atoms with Crippen LogP contribution in [0.15, 0.2) is 83.1 Å². The van der Waals surface area contributed by atoms with Gasteiger partial charge in [-0.1, -0.05) is 61.9 Å². The van der Waals surface area contributed by atoms with Crippen molar-refractivity contribution in [1.82, 2.24) is 10.6 Å². The molecule has 0 saturated heterocycles. The van der Waals surface area contributed by atoms with E-state index in [9.17, 15) is 9.59 Å². The SMILES string of the molecule is Cc1ccc(C(=O)N/C(=C\c2ccco2)C(=O)N[C@H](C)CC(C)(C)c2ccccc2)cc1. The lowest BCUT2D eigenvalue weighted by Crippen LogP contribution is -2.41. The van der Waals surface area contributed by atoms with Gasteiger partial charge >= 0.3 is 0 Å². The molecule has 5 heteroatoms. The maximum atomic E-state index is 13.1. The first-order valence-corrected chi connectivity index (χ1v) is 10.7. The van der Waals surface area contributed by atoms with Crippen LogP contribution < -0.4 is 10.6 Å². The number of carbonyl (C=O) groups is 2. The van der Waals surface area contributed by atoms with Crippen LogP contribution in [0.5, 0.6) is 0 Å². The topological polar surface area (TPSA) is 71.3 Å². The monoisotopic (exact) mass is 430 g/mol. The molecule has 0 aliphatic carbocycles. The van der Waals surface area contributed by atoms with Gasteiger partial charge in [0.15, 0.2) is 0 Å². The molecule has 32 heavy (non-hydrogen) atoms. The summed E-state index contributed by atoms with van der Waals surface area (Å²) in [4.78, 5) is 25.8. The highest BCUT2D eigenvalue weighted by molar-refractivity contribution is 6.05. The highest BCUT2D eigenvalue weighted by Gasteiger charge is 2.25. The van der Waals surface area contributed by atoms with Crippen LogP contribution in [0, 0.1) is 6.92 Å². The fourth-order valence-corrected chi connectivity index (χ4v) is 3.70. The third-order valence-corrected chi connectivity index (χ3v) is 5.39. The molecule has 5 nitrogen and oxygen atoms in total. The van der Waals surface area contributed by atoms with Gasteiger partial charge in [-0.05, 0) is 55.5 Å². The van der Waals surface area contributed by atoms with Gasteiger partial charge in [0.1, 0.15) is 11.5 Å². The Kier molecular flexibility index (Phi) is 7.31. The van der Waals surface area contributed by atoms with Crippen molar-refractivity contribution in [1.29, 1.82) is 0 Å². The molecule has 3 aromatic rings. The number of carbonyl (C=O) groups excluding carboxylic acids is 2. The van der Waals surface area contributed by atoms with Crippen molar-refractivity contribution in [2.75, 3.05) is 0 Å². The highest BCUT2D eigenvalue weighted by atomic mass is 16.3. The Labute approximate surface area is 189 Å². The van der Waals surface area contributed by atoms with E-state index in [1.165, 1.54) is 17.9 Å². The Balaban J connectivity index is 1.73. The molecule has 2 amide bonds. The van der Waals surface area contributed by atoms with Crippen LogP contribution in [0.2, 0.25) is 0 Å². The molecular weight excluding hydrogens is 400 g/mol. The van der Waals surface area contributed by atoms with Crippen molar-refractivity contribution in [3.05, 3.63) is 101 Å². The summed E-state index contributed by atoms with van der Waals surface area (Å²) in [7, 11) is 0. The molecule has 2 aromatic carbocycles. The Morgan fingerprint density at radius 3 is 2.31 bits per heavy atom. The zero-order valence-electron chi connectivity index (χ0n) is 19.0. The normalized spacial score (nSPS) is 12.8. The van der Waals surface area contributed by atoms with E-state index in [1.54, 1.807) is 24.3 Å². The molecule has 0 radical (unpaired) electrons. The molecule has 0 saturated carbocycles. The Morgan fingerprint density at radius 1 is 1.00 bits per heavy atom. The molecule has 0 bridgehead atoms. The van der Waals surface area contributed by atoms with E-state index >= 15 is 0 Å². The quantitative estimate of drug-likeness (QED) is 0.481. The third kappa shape index (κ3) is 6.20.